The first-order valence-corrected chi connectivity index (χ1v) is 9.54. The van der Waals surface area contributed by atoms with Crippen molar-refractivity contribution < 1.29 is 23.8 Å². The lowest BCUT2D eigenvalue weighted by Gasteiger charge is -2.13. The first kappa shape index (κ1) is 20.1. The highest BCUT2D eigenvalue weighted by Gasteiger charge is 2.25. The van der Waals surface area contributed by atoms with Crippen molar-refractivity contribution in [2.24, 2.45) is 0 Å². The summed E-state index contributed by atoms with van der Waals surface area (Å²) >= 11 is 6.32. The van der Waals surface area contributed by atoms with Gasteiger partial charge in [-0.1, -0.05) is 24.9 Å². The Labute approximate surface area is 168 Å². The van der Waals surface area contributed by atoms with Gasteiger partial charge in [0.15, 0.2) is 11.5 Å². The second kappa shape index (κ2) is 8.56. The third kappa shape index (κ3) is 3.94. The summed E-state index contributed by atoms with van der Waals surface area (Å²) in [6, 6.07) is 3.28. The van der Waals surface area contributed by atoms with Gasteiger partial charge in [0.25, 0.3) is 5.91 Å². The van der Waals surface area contributed by atoms with Crippen LogP contribution in [0.3, 0.4) is 0 Å². The zero-order valence-corrected chi connectivity index (χ0v) is 16.9. The van der Waals surface area contributed by atoms with Crippen molar-refractivity contribution in [2.45, 2.75) is 33.1 Å². The van der Waals surface area contributed by atoms with Crippen LogP contribution in [0.5, 0.6) is 11.5 Å². The molecule has 1 aromatic heterocycles. The van der Waals surface area contributed by atoms with Crippen molar-refractivity contribution in [3.8, 4) is 11.5 Å². The Hall–Kier alpha value is -2.67. The fraction of sp³-hybridized carbons (Fsp3) is 0.400. The van der Waals surface area contributed by atoms with Gasteiger partial charge < -0.3 is 24.5 Å². The van der Waals surface area contributed by atoms with E-state index in [4.69, 9.17) is 25.8 Å². The number of esters is 1. The van der Waals surface area contributed by atoms with E-state index < -0.39 is 11.9 Å². The van der Waals surface area contributed by atoms with Crippen LogP contribution in [0, 0.1) is 6.92 Å². The minimum Gasteiger partial charge on any atom is -0.490 e. The number of nitrogens with one attached hydrogen (secondary N) is 2. The molecule has 0 saturated carbocycles. The molecule has 0 spiro atoms. The van der Waals surface area contributed by atoms with Gasteiger partial charge in [0.2, 0.25) is 0 Å². The number of aromatic nitrogens is 1. The average molecular weight is 407 g/mol. The normalized spacial score (nSPS) is 13.0. The van der Waals surface area contributed by atoms with Gasteiger partial charge in [-0.2, -0.15) is 0 Å². The fourth-order valence-corrected chi connectivity index (χ4v) is 3.41. The van der Waals surface area contributed by atoms with Crippen LogP contribution in [0.4, 0.5) is 5.69 Å². The SMILES string of the molecule is CCCc1c(C(=O)Nc2cc3c(cc2Cl)OCCCO3)[nH]c(C)c1C(=O)OC. The molecule has 0 saturated heterocycles. The number of carbonyl (C=O) groups excluding carboxylic acids is 2. The molecule has 1 amide bonds. The number of halogens is 1. The van der Waals surface area contributed by atoms with Gasteiger partial charge in [0, 0.05) is 24.2 Å². The molecule has 150 valence electrons. The molecule has 0 aliphatic carbocycles. The molecule has 0 bridgehead atoms. The Morgan fingerprint density at radius 3 is 2.57 bits per heavy atom. The maximum atomic E-state index is 12.9. The Morgan fingerprint density at radius 1 is 1.25 bits per heavy atom. The number of hydrogen-bond acceptors (Lipinski definition) is 5. The molecule has 0 fully saturated rings. The van der Waals surface area contributed by atoms with Crippen LogP contribution >= 0.6 is 11.6 Å². The van der Waals surface area contributed by atoms with Crippen molar-refractivity contribution >= 4 is 29.2 Å². The highest BCUT2D eigenvalue weighted by atomic mass is 35.5. The van der Waals surface area contributed by atoms with Crippen molar-refractivity contribution in [1.82, 2.24) is 4.98 Å². The maximum Gasteiger partial charge on any atom is 0.339 e. The minimum absolute atomic E-state index is 0.322. The van der Waals surface area contributed by atoms with Crippen LogP contribution in [-0.2, 0) is 11.2 Å². The van der Waals surface area contributed by atoms with E-state index in [2.05, 4.69) is 10.3 Å². The minimum atomic E-state index is -0.468. The van der Waals surface area contributed by atoms with Crippen LogP contribution in [0.1, 0.15) is 51.9 Å². The molecule has 1 aromatic carbocycles. The number of H-pyrrole nitrogens is 1. The van der Waals surface area contributed by atoms with E-state index in [1.54, 1.807) is 19.1 Å². The molecule has 1 aliphatic heterocycles. The third-order valence-corrected chi connectivity index (χ3v) is 4.81. The van der Waals surface area contributed by atoms with E-state index in [9.17, 15) is 9.59 Å². The zero-order chi connectivity index (χ0) is 20.3. The molecule has 3 rings (SSSR count). The number of amides is 1. The smallest absolute Gasteiger partial charge is 0.339 e. The van der Waals surface area contributed by atoms with Crippen molar-refractivity contribution in [3.05, 3.63) is 39.7 Å². The van der Waals surface area contributed by atoms with Crippen LogP contribution in [0.25, 0.3) is 0 Å². The number of anilines is 1. The molecular weight excluding hydrogens is 384 g/mol. The Morgan fingerprint density at radius 2 is 1.93 bits per heavy atom. The molecule has 28 heavy (non-hydrogen) atoms. The standard InChI is InChI=1S/C20H23ClN2O5/c1-4-6-12-17(20(25)26-3)11(2)22-18(12)19(24)23-14-10-16-15(9-13(14)21)27-7-5-8-28-16/h9-10,22H,4-8H2,1-3H3,(H,23,24). The number of rotatable bonds is 5. The highest BCUT2D eigenvalue weighted by Crippen LogP contribution is 2.38. The van der Waals surface area contributed by atoms with E-state index in [1.165, 1.54) is 7.11 Å². The van der Waals surface area contributed by atoms with Crippen LogP contribution < -0.4 is 14.8 Å². The number of carbonyl (C=O) groups is 2. The molecule has 8 heteroatoms. The molecular formula is C20H23ClN2O5. The molecule has 2 heterocycles. The summed E-state index contributed by atoms with van der Waals surface area (Å²) in [5, 5.41) is 3.14. The van der Waals surface area contributed by atoms with Crippen LogP contribution in [0.2, 0.25) is 5.02 Å². The summed E-state index contributed by atoms with van der Waals surface area (Å²) in [7, 11) is 1.32. The molecule has 0 radical (unpaired) electrons. The van der Waals surface area contributed by atoms with Gasteiger partial charge in [0.1, 0.15) is 5.69 Å². The van der Waals surface area contributed by atoms with E-state index in [0.717, 1.165) is 12.8 Å². The van der Waals surface area contributed by atoms with Gasteiger partial charge in [-0.05, 0) is 18.9 Å². The summed E-state index contributed by atoms with van der Waals surface area (Å²) in [5.41, 5.74) is 2.35. The second-order valence-corrected chi connectivity index (χ2v) is 6.91. The molecule has 0 atom stereocenters. The summed E-state index contributed by atoms with van der Waals surface area (Å²) < 4.78 is 16.1. The summed E-state index contributed by atoms with van der Waals surface area (Å²) in [4.78, 5) is 28.1. The Bertz CT molecular complexity index is 906. The number of aryl methyl sites for hydroxylation is 1. The van der Waals surface area contributed by atoms with Gasteiger partial charge in [-0.25, -0.2) is 4.79 Å². The Balaban J connectivity index is 1.93. The van der Waals surface area contributed by atoms with Crippen molar-refractivity contribution in [2.75, 3.05) is 25.6 Å². The van der Waals surface area contributed by atoms with Gasteiger partial charge in [-0.15, -0.1) is 0 Å². The zero-order valence-electron chi connectivity index (χ0n) is 16.1. The molecule has 2 N–H and O–H groups in total. The number of fused-ring (bicyclic) bond motifs is 1. The summed E-state index contributed by atoms with van der Waals surface area (Å²) in [6.07, 6.45) is 2.10. The van der Waals surface area contributed by atoms with Crippen LogP contribution in [0.15, 0.2) is 12.1 Å². The third-order valence-electron chi connectivity index (χ3n) is 4.49. The van der Waals surface area contributed by atoms with E-state index in [1.807, 2.05) is 6.92 Å². The average Bonchev–Trinajstić information content (AvgIpc) is 2.84. The van der Waals surface area contributed by atoms with Gasteiger partial charge in [0.05, 0.1) is 36.6 Å². The summed E-state index contributed by atoms with van der Waals surface area (Å²) in [6.45, 7) is 4.79. The van der Waals surface area contributed by atoms with Crippen molar-refractivity contribution in [3.63, 3.8) is 0 Å². The van der Waals surface area contributed by atoms with Gasteiger partial charge >= 0.3 is 5.97 Å². The molecule has 0 unspecified atom stereocenters. The van der Waals surface area contributed by atoms with E-state index in [0.29, 0.717) is 64.4 Å². The topological polar surface area (TPSA) is 89.7 Å². The van der Waals surface area contributed by atoms with E-state index >= 15 is 0 Å². The van der Waals surface area contributed by atoms with Crippen molar-refractivity contribution in [1.29, 1.82) is 0 Å². The monoisotopic (exact) mass is 406 g/mol. The number of aromatic amines is 1. The number of ether oxygens (including phenoxy) is 3. The van der Waals surface area contributed by atoms with Crippen LogP contribution in [-0.4, -0.2) is 37.2 Å². The predicted octanol–water partition coefficient (Wildman–Crippen LogP) is 4.13. The Kier molecular flexibility index (Phi) is 6.14. The highest BCUT2D eigenvalue weighted by molar-refractivity contribution is 6.34. The number of methoxy groups -OCH3 is 1. The molecule has 1 aliphatic rings. The number of hydrogen-bond donors (Lipinski definition) is 2. The quantitative estimate of drug-likeness (QED) is 0.728. The predicted molar refractivity (Wildman–Crippen MR) is 106 cm³/mol. The molecule has 7 nitrogen and oxygen atoms in total. The largest absolute Gasteiger partial charge is 0.490 e. The van der Waals surface area contributed by atoms with Gasteiger partial charge in [-0.3, -0.25) is 4.79 Å². The first-order valence-electron chi connectivity index (χ1n) is 9.16. The second-order valence-electron chi connectivity index (χ2n) is 6.50. The lowest BCUT2D eigenvalue weighted by molar-refractivity contribution is 0.0599. The fourth-order valence-electron chi connectivity index (χ4n) is 3.21. The lowest BCUT2D eigenvalue weighted by Crippen LogP contribution is -2.16. The van der Waals surface area contributed by atoms with E-state index in [-0.39, 0.29) is 0 Å². The lowest BCUT2D eigenvalue weighted by atomic mass is 10.0. The summed E-state index contributed by atoms with van der Waals surface area (Å²) in [5.74, 6) is 0.225. The molecule has 2 aromatic rings. The maximum absolute atomic E-state index is 12.9. The first-order chi connectivity index (χ1) is 13.5. The number of benzene rings is 1.